The highest BCUT2D eigenvalue weighted by atomic mass is 16.5. The number of amides is 4. The van der Waals surface area contributed by atoms with E-state index < -0.39 is 77.1 Å². The zero-order chi connectivity index (χ0) is 43.3. The van der Waals surface area contributed by atoms with Gasteiger partial charge in [-0.1, -0.05) is 6.92 Å². The van der Waals surface area contributed by atoms with Crippen LogP contribution in [0.4, 0.5) is 0 Å². The van der Waals surface area contributed by atoms with Crippen LogP contribution in [0.5, 0.6) is 0 Å². The highest BCUT2D eigenvalue weighted by Gasteiger charge is 2.32. The van der Waals surface area contributed by atoms with E-state index in [0.717, 1.165) is 0 Å². The third-order valence-corrected chi connectivity index (χ3v) is 8.89. The first-order valence-corrected chi connectivity index (χ1v) is 19.1. The molecule has 0 aromatic rings. The summed E-state index contributed by atoms with van der Waals surface area (Å²) in [5.74, 6) is -10.3. The second-order valence-corrected chi connectivity index (χ2v) is 14.2. The topological polar surface area (TPSA) is 303 Å². The Morgan fingerprint density at radius 3 is 1.07 bits per heavy atom. The van der Waals surface area contributed by atoms with Gasteiger partial charge in [-0.2, -0.15) is 0 Å². The molecule has 0 aromatic carbocycles. The zero-order valence-electron chi connectivity index (χ0n) is 33.8. The number of ether oxygens (including phenoxy) is 4. The molecule has 0 aliphatic heterocycles. The smallest absolute Gasteiger partial charge is 0.308 e. The van der Waals surface area contributed by atoms with Crippen molar-refractivity contribution in [1.82, 2.24) is 21.3 Å². The number of rotatable bonds is 35. The maximum Gasteiger partial charge on any atom is 0.308 e. The summed E-state index contributed by atoms with van der Waals surface area (Å²) in [6, 6.07) is 0. The van der Waals surface area contributed by atoms with Crippen LogP contribution in [-0.4, -0.2) is 147 Å². The quantitative estimate of drug-likeness (QED) is 0.0397. The van der Waals surface area contributed by atoms with E-state index in [0.29, 0.717) is 0 Å². The van der Waals surface area contributed by atoms with Crippen molar-refractivity contribution >= 4 is 47.5 Å². The van der Waals surface area contributed by atoms with Crippen molar-refractivity contribution in [3.63, 3.8) is 0 Å². The fourth-order valence-electron chi connectivity index (χ4n) is 5.19. The fourth-order valence-corrected chi connectivity index (χ4v) is 5.19. The molecule has 0 saturated heterocycles. The summed E-state index contributed by atoms with van der Waals surface area (Å²) in [4.78, 5) is 96.4. The monoisotopic (exact) mass is 820 g/mol. The van der Waals surface area contributed by atoms with E-state index in [4.69, 9.17) is 39.4 Å². The molecule has 0 aromatic heterocycles. The summed E-state index contributed by atoms with van der Waals surface area (Å²) >= 11 is 0. The van der Waals surface area contributed by atoms with E-state index in [1.165, 1.54) is 27.7 Å². The Morgan fingerprint density at radius 2 is 0.737 bits per heavy atom. The van der Waals surface area contributed by atoms with E-state index in [2.05, 4.69) is 21.3 Å². The van der Waals surface area contributed by atoms with Crippen LogP contribution in [0.25, 0.3) is 0 Å². The Kier molecular flexibility index (Phi) is 28.3. The maximum atomic E-state index is 13.3. The minimum atomic E-state index is -1.03. The van der Waals surface area contributed by atoms with Crippen molar-refractivity contribution in [2.45, 2.75) is 66.7 Å². The van der Waals surface area contributed by atoms with Gasteiger partial charge in [0, 0.05) is 51.9 Å². The van der Waals surface area contributed by atoms with Gasteiger partial charge in [-0.15, -0.1) is 0 Å². The van der Waals surface area contributed by atoms with E-state index in [1.807, 2.05) is 0 Å². The molecule has 20 heteroatoms. The molecule has 0 radical (unpaired) electrons. The number of hydrogen-bond acceptors (Lipinski definition) is 12. The molecule has 57 heavy (non-hydrogen) atoms. The number of hydrogen-bond donors (Lipinski definition) is 8. The first-order chi connectivity index (χ1) is 26.8. The highest BCUT2D eigenvalue weighted by molar-refractivity contribution is 5.79. The summed E-state index contributed by atoms with van der Waals surface area (Å²) < 4.78 is 21.3. The zero-order valence-corrected chi connectivity index (χ0v) is 33.8. The summed E-state index contributed by atoms with van der Waals surface area (Å²) in [5.41, 5.74) is 0. The molecule has 7 atom stereocenters. The number of carboxylic acid groups (broad SMARTS) is 4. The minimum Gasteiger partial charge on any atom is -0.481 e. The van der Waals surface area contributed by atoms with Crippen LogP contribution < -0.4 is 21.3 Å². The minimum absolute atomic E-state index is 0.0360. The lowest BCUT2D eigenvalue weighted by molar-refractivity contribution is -0.144. The van der Waals surface area contributed by atoms with E-state index >= 15 is 0 Å². The van der Waals surface area contributed by atoms with Gasteiger partial charge >= 0.3 is 23.9 Å². The van der Waals surface area contributed by atoms with Gasteiger partial charge in [0.25, 0.3) is 0 Å². The first-order valence-electron chi connectivity index (χ1n) is 19.1. The Hall–Kier alpha value is -4.40. The number of aliphatic carboxylic acids is 4. The largest absolute Gasteiger partial charge is 0.481 e. The van der Waals surface area contributed by atoms with Crippen LogP contribution >= 0.6 is 0 Å². The average molecular weight is 821 g/mol. The third-order valence-electron chi connectivity index (χ3n) is 8.89. The van der Waals surface area contributed by atoms with Crippen molar-refractivity contribution in [1.29, 1.82) is 0 Å². The van der Waals surface area contributed by atoms with Crippen LogP contribution in [0.2, 0.25) is 0 Å². The standard InChI is InChI=1S/C37H64N4O16/c1-23(16-31(43)39-9-13-55-20-25(3)35(48)49)29(18-33(45)41-11-15-57-22-27(5)37(52)53)28(17-32(44)40-10-14-56-21-26(4)36(50)51)6-7-30(42)38-8-12-54-19-24(2)34(46)47/h23-29H,6-22H2,1-5H3,(H,38,42)(H,39,43)(H,40,44)(H,41,45)(H,46,47)(H,48,49)(H,50,51)(H,52,53). The van der Waals surface area contributed by atoms with E-state index in [-0.39, 0.29) is 123 Å². The maximum absolute atomic E-state index is 13.3. The Bertz CT molecular complexity index is 1270. The Morgan fingerprint density at radius 1 is 0.439 bits per heavy atom. The van der Waals surface area contributed by atoms with Crippen LogP contribution in [0.15, 0.2) is 0 Å². The molecule has 0 aliphatic carbocycles. The SMILES string of the molecule is CC(COCCNC(=O)CCC(CC(=O)NCCOCC(C)C(=O)O)C(CC(=O)NCCOCC(C)C(=O)O)C(C)CC(=O)NCCOCC(C)C(=O)O)C(=O)O. The van der Waals surface area contributed by atoms with Gasteiger partial charge in [0.2, 0.25) is 23.6 Å². The second kappa shape index (κ2) is 30.7. The van der Waals surface area contributed by atoms with Gasteiger partial charge in [0.1, 0.15) is 0 Å². The lowest BCUT2D eigenvalue weighted by Gasteiger charge is -2.31. The van der Waals surface area contributed by atoms with Crippen molar-refractivity contribution in [3.8, 4) is 0 Å². The molecule has 7 unspecified atom stereocenters. The summed E-state index contributed by atoms with van der Waals surface area (Å²) in [6.45, 7) is 8.05. The summed E-state index contributed by atoms with van der Waals surface area (Å²) in [5, 5.41) is 46.9. The molecule has 0 fully saturated rings. The molecule has 4 amide bonds. The van der Waals surface area contributed by atoms with Crippen LogP contribution in [0.1, 0.15) is 66.7 Å². The van der Waals surface area contributed by atoms with Gasteiger partial charge in [0.15, 0.2) is 0 Å². The lowest BCUT2D eigenvalue weighted by Crippen LogP contribution is -2.38. The van der Waals surface area contributed by atoms with Crippen molar-refractivity contribution in [2.24, 2.45) is 41.4 Å². The number of carbonyl (C=O) groups excluding carboxylic acids is 4. The predicted octanol–water partition coefficient (Wildman–Crippen LogP) is 0.219. The van der Waals surface area contributed by atoms with Crippen LogP contribution in [0.3, 0.4) is 0 Å². The Balaban J connectivity index is 5.83. The number of nitrogens with one attached hydrogen (secondary N) is 4. The summed E-state index contributed by atoms with van der Waals surface area (Å²) in [7, 11) is 0. The average Bonchev–Trinajstić information content (AvgIpc) is 3.14. The first kappa shape index (κ1) is 52.6. The molecule has 0 saturated carbocycles. The second-order valence-electron chi connectivity index (χ2n) is 14.2. The molecule has 0 bridgehead atoms. The molecular formula is C37H64N4O16. The van der Waals surface area contributed by atoms with E-state index in [1.54, 1.807) is 6.92 Å². The van der Waals surface area contributed by atoms with Gasteiger partial charge in [-0.05, 0) is 51.9 Å². The fraction of sp³-hybridized carbons (Fsp3) is 0.784. The molecule has 328 valence electrons. The van der Waals surface area contributed by atoms with Gasteiger partial charge in [-0.25, -0.2) is 0 Å². The van der Waals surface area contributed by atoms with Gasteiger partial charge < -0.3 is 60.6 Å². The molecular weight excluding hydrogens is 756 g/mol. The lowest BCUT2D eigenvalue weighted by atomic mass is 9.74. The number of carboxylic acids is 4. The van der Waals surface area contributed by atoms with Crippen molar-refractivity contribution in [3.05, 3.63) is 0 Å². The Labute approximate surface area is 333 Å². The van der Waals surface area contributed by atoms with Crippen molar-refractivity contribution < 1.29 is 77.7 Å². The molecule has 0 aliphatic rings. The van der Waals surface area contributed by atoms with Crippen LogP contribution in [0, 0.1) is 41.4 Å². The molecule has 0 spiro atoms. The van der Waals surface area contributed by atoms with Crippen molar-refractivity contribution in [2.75, 3.05) is 79.0 Å². The molecule has 0 heterocycles. The van der Waals surface area contributed by atoms with Gasteiger partial charge in [-0.3, -0.25) is 38.4 Å². The van der Waals surface area contributed by atoms with E-state index in [9.17, 15) is 38.4 Å². The molecule has 0 rings (SSSR count). The third kappa shape index (κ3) is 27.0. The number of carbonyl (C=O) groups is 8. The normalized spacial score (nSPS) is 14.8. The molecule has 20 nitrogen and oxygen atoms in total. The summed E-state index contributed by atoms with van der Waals surface area (Å²) in [6.07, 6.45) is -0.255. The predicted molar refractivity (Wildman–Crippen MR) is 202 cm³/mol. The van der Waals surface area contributed by atoms with Gasteiger partial charge in [0.05, 0.1) is 76.5 Å². The van der Waals surface area contributed by atoms with Crippen LogP contribution in [-0.2, 0) is 57.3 Å². The highest BCUT2D eigenvalue weighted by Crippen LogP contribution is 2.33. The molecule has 8 N–H and O–H groups in total.